The van der Waals surface area contributed by atoms with Gasteiger partial charge >= 0.3 is 0 Å². The molecule has 0 aromatic heterocycles. The van der Waals surface area contributed by atoms with Gasteiger partial charge in [0.25, 0.3) is 0 Å². The average molecular weight is 570 g/mol. The predicted molar refractivity (Wildman–Crippen MR) is 140 cm³/mol. The zero-order chi connectivity index (χ0) is 20.4. The van der Waals surface area contributed by atoms with E-state index in [2.05, 4.69) is 130 Å². The summed E-state index contributed by atoms with van der Waals surface area (Å²) in [5, 5.41) is 5.43. The molecule has 4 heteroatoms. The Bertz CT molecular complexity index is 918. The molecule has 144 valence electrons. The predicted octanol–water partition coefficient (Wildman–Crippen LogP) is 4.32. The summed E-state index contributed by atoms with van der Waals surface area (Å²) in [6.45, 7) is 2.14. The fraction of sp³-hybridized carbons (Fsp3) is 0.0400. The van der Waals surface area contributed by atoms with Crippen LogP contribution < -0.4 is 26.5 Å². The van der Waals surface area contributed by atoms with Crippen molar-refractivity contribution in [2.75, 3.05) is 5.73 Å². The second kappa shape index (κ2) is 8.46. The Balaban J connectivity index is 2.11. The van der Waals surface area contributed by atoms with E-state index in [1.807, 2.05) is 12.1 Å². The van der Waals surface area contributed by atoms with Crippen LogP contribution >= 0.6 is 38.5 Å². The third-order valence-corrected chi connectivity index (χ3v) is 11.4. The summed E-state index contributed by atoms with van der Waals surface area (Å²) < 4.78 is 2.33. The molecule has 0 aliphatic rings. The molecule has 0 saturated carbocycles. The molecule has 0 aliphatic carbocycles. The highest BCUT2D eigenvalue weighted by Crippen LogP contribution is 2.15. The van der Waals surface area contributed by atoms with Crippen molar-refractivity contribution >= 4 is 73.0 Å². The van der Waals surface area contributed by atoms with Gasteiger partial charge in [0.2, 0.25) is 0 Å². The van der Waals surface area contributed by atoms with Crippen molar-refractivity contribution in [1.29, 1.82) is 0 Å². The quantitative estimate of drug-likeness (QED) is 0.168. The molecule has 4 rings (SSSR count). The first-order valence-electron chi connectivity index (χ1n) is 9.45. The van der Waals surface area contributed by atoms with Crippen LogP contribution in [0.2, 0.25) is 0 Å². The van der Waals surface area contributed by atoms with Crippen molar-refractivity contribution in [2.24, 2.45) is 0 Å². The van der Waals surface area contributed by atoms with Crippen LogP contribution in [-0.4, -0.2) is 8.07 Å². The zero-order valence-corrected chi connectivity index (χ0v) is 20.8. The Morgan fingerprint density at radius 3 is 1.48 bits per heavy atom. The molecular formula is C25H21BrINSi. The van der Waals surface area contributed by atoms with Gasteiger partial charge in [-0.1, -0.05) is 82.2 Å². The lowest BCUT2D eigenvalue weighted by Gasteiger charge is -2.34. The molecule has 0 spiro atoms. The Morgan fingerprint density at radius 1 is 0.621 bits per heavy atom. The summed E-state index contributed by atoms with van der Waals surface area (Å²) in [5.74, 6) is 0. The molecule has 0 heterocycles. The summed E-state index contributed by atoms with van der Waals surface area (Å²) in [5.41, 5.74) is 8.12. The third kappa shape index (κ3) is 3.93. The molecule has 4 aromatic rings. The topological polar surface area (TPSA) is 26.0 Å². The summed E-state index contributed by atoms with van der Waals surface area (Å²) in [6, 6.07) is 35.4. The maximum Gasteiger partial charge on any atom is 0.179 e. The van der Waals surface area contributed by atoms with Crippen LogP contribution in [0.4, 0.5) is 5.69 Å². The lowest BCUT2D eigenvalue weighted by molar-refractivity contribution is 1.48. The van der Waals surface area contributed by atoms with E-state index in [1.165, 1.54) is 29.9 Å². The number of hydrogen-bond donors (Lipinski definition) is 1. The van der Waals surface area contributed by atoms with Gasteiger partial charge in [-0.2, -0.15) is 0 Å². The summed E-state index contributed by atoms with van der Waals surface area (Å²) in [6.07, 6.45) is 0. The molecule has 0 aliphatic heterocycles. The van der Waals surface area contributed by atoms with Crippen LogP contribution in [0.1, 0.15) is 5.56 Å². The van der Waals surface area contributed by atoms with Crippen molar-refractivity contribution < 1.29 is 0 Å². The number of hydrogen-bond acceptors (Lipinski definition) is 1. The van der Waals surface area contributed by atoms with Gasteiger partial charge in [0, 0.05) is 13.7 Å². The minimum Gasteiger partial charge on any atom is -0.399 e. The molecule has 1 nitrogen and oxygen atoms in total. The molecular weight excluding hydrogens is 549 g/mol. The molecule has 1 unspecified atom stereocenters. The Labute approximate surface area is 195 Å². The SMILES string of the molecule is Cc1ccc([Si](c2ccc(N)cc2)(c2ccc(Br)cc2)c2ccc(I)cc2)cc1. The Morgan fingerprint density at radius 2 is 1.00 bits per heavy atom. The summed E-state index contributed by atoms with van der Waals surface area (Å²) in [4.78, 5) is 0. The summed E-state index contributed by atoms with van der Waals surface area (Å²) in [7, 11) is -2.47. The first-order chi connectivity index (χ1) is 14.0. The lowest BCUT2D eigenvalue weighted by Crippen LogP contribution is -2.74. The van der Waals surface area contributed by atoms with Gasteiger partial charge in [0.15, 0.2) is 8.07 Å². The molecule has 0 fully saturated rings. The van der Waals surface area contributed by atoms with Gasteiger partial charge in [0.05, 0.1) is 0 Å². The van der Waals surface area contributed by atoms with Gasteiger partial charge in [-0.25, -0.2) is 0 Å². The van der Waals surface area contributed by atoms with Crippen molar-refractivity contribution in [2.45, 2.75) is 6.92 Å². The highest BCUT2D eigenvalue weighted by Gasteiger charge is 2.41. The van der Waals surface area contributed by atoms with Gasteiger partial charge in [0.1, 0.15) is 0 Å². The minimum atomic E-state index is -2.47. The van der Waals surface area contributed by atoms with E-state index in [0.29, 0.717) is 0 Å². The molecule has 0 radical (unpaired) electrons. The van der Waals surface area contributed by atoms with Crippen LogP contribution in [0.15, 0.2) is 102 Å². The maximum absolute atomic E-state index is 6.05. The van der Waals surface area contributed by atoms with Crippen LogP contribution in [0, 0.1) is 10.5 Å². The van der Waals surface area contributed by atoms with E-state index in [0.717, 1.165) is 10.2 Å². The van der Waals surface area contributed by atoms with E-state index < -0.39 is 8.07 Å². The van der Waals surface area contributed by atoms with Crippen LogP contribution in [0.5, 0.6) is 0 Å². The molecule has 1 atom stereocenters. The first kappa shape index (κ1) is 20.4. The first-order valence-corrected chi connectivity index (χ1v) is 13.3. The average Bonchev–Trinajstić information content (AvgIpc) is 2.73. The smallest absolute Gasteiger partial charge is 0.179 e. The number of aryl methyl sites for hydroxylation is 1. The van der Waals surface area contributed by atoms with Crippen molar-refractivity contribution in [3.05, 3.63) is 111 Å². The van der Waals surface area contributed by atoms with E-state index in [-0.39, 0.29) is 0 Å². The highest BCUT2D eigenvalue weighted by atomic mass is 127. The highest BCUT2D eigenvalue weighted by molar-refractivity contribution is 14.1. The van der Waals surface area contributed by atoms with E-state index >= 15 is 0 Å². The molecule has 0 bridgehead atoms. The number of rotatable bonds is 4. The second-order valence-electron chi connectivity index (χ2n) is 7.25. The fourth-order valence-electron chi connectivity index (χ4n) is 3.94. The second-order valence-corrected chi connectivity index (χ2v) is 13.2. The molecule has 4 aromatic carbocycles. The Hall–Kier alpha value is -1.89. The van der Waals surface area contributed by atoms with Crippen molar-refractivity contribution in [1.82, 2.24) is 0 Å². The van der Waals surface area contributed by atoms with Gasteiger partial charge < -0.3 is 5.73 Å². The summed E-state index contributed by atoms with van der Waals surface area (Å²) >= 11 is 5.98. The van der Waals surface area contributed by atoms with Gasteiger partial charge in [-0.3, -0.25) is 0 Å². The monoisotopic (exact) mass is 569 g/mol. The molecule has 29 heavy (non-hydrogen) atoms. The van der Waals surface area contributed by atoms with Gasteiger partial charge in [-0.15, -0.1) is 0 Å². The normalized spacial score (nSPS) is 13.1. The third-order valence-electron chi connectivity index (χ3n) is 5.38. The van der Waals surface area contributed by atoms with Crippen LogP contribution in [0.3, 0.4) is 0 Å². The van der Waals surface area contributed by atoms with Gasteiger partial charge in [-0.05, 0) is 86.7 Å². The maximum atomic E-state index is 6.05. The molecule has 0 amide bonds. The van der Waals surface area contributed by atoms with Crippen molar-refractivity contribution in [3.8, 4) is 0 Å². The largest absolute Gasteiger partial charge is 0.399 e. The number of anilines is 1. The fourth-order valence-corrected chi connectivity index (χ4v) is 9.23. The standard InChI is InChI=1S/C25H21BrINSi/c1-18-2-10-22(11-3-18)29(23-12-4-19(26)5-13-23,24-14-6-20(27)7-15-24)25-16-8-21(28)9-17-25/h2-17H,28H2,1H3. The van der Waals surface area contributed by atoms with Crippen molar-refractivity contribution in [3.63, 3.8) is 0 Å². The van der Waals surface area contributed by atoms with E-state index in [1.54, 1.807) is 0 Å². The molecule has 2 N–H and O–H groups in total. The van der Waals surface area contributed by atoms with E-state index in [9.17, 15) is 0 Å². The van der Waals surface area contributed by atoms with E-state index in [4.69, 9.17) is 5.73 Å². The van der Waals surface area contributed by atoms with Crippen LogP contribution in [-0.2, 0) is 0 Å². The number of nitrogen functional groups attached to an aromatic ring is 1. The number of halogens is 2. The molecule has 0 saturated heterocycles. The Kier molecular flexibility index (Phi) is 5.95. The van der Waals surface area contributed by atoms with Crippen LogP contribution in [0.25, 0.3) is 0 Å². The number of benzene rings is 4. The number of nitrogens with two attached hydrogens (primary N) is 1. The minimum absolute atomic E-state index is 0.791. The zero-order valence-electron chi connectivity index (χ0n) is 16.1. The lowest BCUT2D eigenvalue weighted by atomic mass is 10.2.